The summed E-state index contributed by atoms with van der Waals surface area (Å²) in [6.07, 6.45) is 0. The molecule has 0 bridgehead atoms. The molecule has 3 nitrogen and oxygen atoms in total. The first-order chi connectivity index (χ1) is 0. The zero-order valence-corrected chi connectivity index (χ0v) is 5.96. The maximum Gasteiger partial charge on any atom is 0 e. The Morgan fingerprint density at radius 2 is 0.600 bits per heavy atom. The van der Waals surface area contributed by atoms with Crippen LogP contribution in [0.2, 0.25) is 0 Å². The summed E-state index contributed by atoms with van der Waals surface area (Å²) < 4.78 is 0. The van der Waals surface area contributed by atoms with E-state index >= 15 is 0 Å². The van der Waals surface area contributed by atoms with Crippen molar-refractivity contribution < 1.29 is 33.5 Å². The van der Waals surface area contributed by atoms with Crippen LogP contribution < -0.4 is 0 Å². The monoisotopic (exact) mass is 133 g/mol. The van der Waals surface area contributed by atoms with Gasteiger partial charge in [0.2, 0.25) is 0 Å². The second-order valence-corrected chi connectivity index (χ2v) is 0. The molecule has 0 heterocycles. The molecule has 0 aromatic heterocycles. The van der Waals surface area contributed by atoms with E-state index in [9.17, 15) is 0 Å². The van der Waals surface area contributed by atoms with Gasteiger partial charge in [0.1, 0.15) is 0 Å². The molecule has 0 aromatic carbocycles. The molecule has 6 N–H and O–H groups in total. The molecule has 0 aromatic rings. The SMILES string of the molecule is O.O.O.[Fe].[Na]. The number of hydrogen-bond donors (Lipinski definition) is 0. The van der Waals surface area contributed by atoms with E-state index in [4.69, 9.17) is 0 Å². The molecule has 5 heteroatoms. The third kappa shape index (κ3) is 31.9. The fraction of sp³-hybridized carbons (Fsp3) is 0. The first-order valence-corrected chi connectivity index (χ1v) is 0. The molecule has 0 saturated heterocycles. The Morgan fingerprint density at radius 1 is 0.600 bits per heavy atom. The number of rotatable bonds is 0. The van der Waals surface area contributed by atoms with Crippen LogP contribution in [0.4, 0.5) is 0 Å². The summed E-state index contributed by atoms with van der Waals surface area (Å²) in [6, 6.07) is 0. The van der Waals surface area contributed by atoms with E-state index in [2.05, 4.69) is 0 Å². The summed E-state index contributed by atoms with van der Waals surface area (Å²) in [7, 11) is 0. The van der Waals surface area contributed by atoms with Gasteiger partial charge in [0.15, 0.2) is 0 Å². The Bertz CT molecular complexity index is 6.85. The molecular formula is H6FeNaO3. The van der Waals surface area contributed by atoms with Gasteiger partial charge in [-0.25, -0.2) is 0 Å². The van der Waals surface area contributed by atoms with Gasteiger partial charge in [-0.05, 0) is 0 Å². The van der Waals surface area contributed by atoms with Gasteiger partial charge in [0.25, 0.3) is 0 Å². The average Bonchev–Trinajstić information content (AvgIpc) is 0. The van der Waals surface area contributed by atoms with Gasteiger partial charge >= 0.3 is 0 Å². The second-order valence-electron chi connectivity index (χ2n) is 0. The fourth-order valence-electron chi connectivity index (χ4n) is 0. The zero-order chi connectivity index (χ0) is 0. The van der Waals surface area contributed by atoms with Gasteiger partial charge in [0.05, 0.1) is 0 Å². The van der Waals surface area contributed by atoms with Crippen LogP contribution >= 0.6 is 0 Å². The average molecular weight is 133 g/mol. The Labute approximate surface area is 62.8 Å². The summed E-state index contributed by atoms with van der Waals surface area (Å²) in [5, 5.41) is 0. The molecule has 0 atom stereocenters. The second kappa shape index (κ2) is 53.4. The summed E-state index contributed by atoms with van der Waals surface area (Å²) >= 11 is 0. The molecule has 5 heavy (non-hydrogen) atoms. The van der Waals surface area contributed by atoms with E-state index in [-0.39, 0.29) is 63.1 Å². The molecule has 0 spiro atoms. The van der Waals surface area contributed by atoms with Crippen molar-refractivity contribution in [3.8, 4) is 0 Å². The largest absolute Gasteiger partial charge is 0.412 e. The Hall–Kier alpha value is 1.40. The van der Waals surface area contributed by atoms with E-state index in [1.54, 1.807) is 0 Å². The van der Waals surface area contributed by atoms with Crippen molar-refractivity contribution >= 4 is 29.6 Å². The van der Waals surface area contributed by atoms with Gasteiger partial charge in [-0.2, -0.15) is 0 Å². The van der Waals surface area contributed by atoms with Crippen LogP contribution in [0, 0.1) is 0 Å². The van der Waals surface area contributed by atoms with Crippen LogP contribution in [-0.2, 0) is 17.1 Å². The molecule has 1 radical (unpaired) electrons. The third-order valence-electron chi connectivity index (χ3n) is 0. The molecule has 0 aliphatic carbocycles. The van der Waals surface area contributed by atoms with Crippen molar-refractivity contribution in [3.63, 3.8) is 0 Å². The van der Waals surface area contributed by atoms with Crippen molar-refractivity contribution in [2.45, 2.75) is 0 Å². The molecule has 0 fully saturated rings. The molecule has 0 amide bonds. The van der Waals surface area contributed by atoms with Crippen molar-refractivity contribution in [2.75, 3.05) is 0 Å². The molecule has 0 unspecified atom stereocenters. The van der Waals surface area contributed by atoms with Crippen LogP contribution in [0.25, 0.3) is 0 Å². The minimum absolute atomic E-state index is 0. The minimum Gasteiger partial charge on any atom is -0.412 e. The molecular weight excluding hydrogens is 127 g/mol. The maximum atomic E-state index is 0. The first kappa shape index (κ1) is 95.3. The van der Waals surface area contributed by atoms with Crippen molar-refractivity contribution in [1.82, 2.24) is 0 Å². The number of hydrogen-bond acceptors (Lipinski definition) is 0. The predicted octanol–water partition coefficient (Wildman–Crippen LogP) is -2.86. The third-order valence-corrected chi connectivity index (χ3v) is 0. The topological polar surface area (TPSA) is 94.5 Å². The molecule has 0 saturated carbocycles. The molecule has 0 aliphatic rings. The molecule has 0 aliphatic heterocycles. The zero-order valence-electron chi connectivity index (χ0n) is 2.85. The standard InChI is InChI=1S/Fe.Na.3H2O/h;;3*1H2. The Balaban J connectivity index is 0. The molecule has 0 rings (SSSR count). The van der Waals surface area contributed by atoms with E-state index < -0.39 is 0 Å². The van der Waals surface area contributed by atoms with Crippen molar-refractivity contribution in [3.05, 3.63) is 0 Å². The normalized spacial score (nSPS) is 0. The van der Waals surface area contributed by atoms with Gasteiger partial charge < -0.3 is 16.4 Å². The maximum absolute atomic E-state index is 0. The van der Waals surface area contributed by atoms with E-state index in [0.717, 1.165) is 0 Å². The summed E-state index contributed by atoms with van der Waals surface area (Å²) in [4.78, 5) is 0. The van der Waals surface area contributed by atoms with E-state index in [1.165, 1.54) is 0 Å². The first-order valence-electron chi connectivity index (χ1n) is 0. The van der Waals surface area contributed by atoms with Crippen molar-refractivity contribution in [2.24, 2.45) is 0 Å². The summed E-state index contributed by atoms with van der Waals surface area (Å²) in [5.74, 6) is 0. The van der Waals surface area contributed by atoms with Crippen LogP contribution in [0.1, 0.15) is 0 Å². The van der Waals surface area contributed by atoms with Gasteiger partial charge in [-0.15, -0.1) is 0 Å². The predicted molar refractivity (Wildman–Crippen MR) is 16.6 cm³/mol. The van der Waals surface area contributed by atoms with Crippen molar-refractivity contribution in [1.29, 1.82) is 0 Å². The van der Waals surface area contributed by atoms with Crippen LogP contribution in [0.5, 0.6) is 0 Å². The van der Waals surface area contributed by atoms with E-state index in [0.29, 0.717) is 0 Å². The van der Waals surface area contributed by atoms with Gasteiger partial charge in [-0.3, -0.25) is 0 Å². The smallest absolute Gasteiger partial charge is 0 e. The fourth-order valence-corrected chi connectivity index (χ4v) is 0. The summed E-state index contributed by atoms with van der Waals surface area (Å²) in [5.41, 5.74) is 0. The van der Waals surface area contributed by atoms with Crippen LogP contribution in [-0.4, -0.2) is 46.0 Å². The quantitative estimate of drug-likeness (QED) is 0.318. The van der Waals surface area contributed by atoms with Crippen LogP contribution in [0.3, 0.4) is 0 Å². The minimum atomic E-state index is 0. The molecule has 33 valence electrons. The van der Waals surface area contributed by atoms with E-state index in [1.807, 2.05) is 0 Å². The van der Waals surface area contributed by atoms with Gasteiger partial charge in [0, 0.05) is 46.6 Å². The van der Waals surface area contributed by atoms with Crippen LogP contribution in [0.15, 0.2) is 0 Å². The Morgan fingerprint density at radius 3 is 0.600 bits per heavy atom. The van der Waals surface area contributed by atoms with Gasteiger partial charge in [-0.1, -0.05) is 0 Å². The Kier molecular flexibility index (Phi) is 1020. The summed E-state index contributed by atoms with van der Waals surface area (Å²) in [6.45, 7) is 0.